The van der Waals surface area contributed by atoms with E-state index in [1.165, 1.54) is 24.4 Å². The van der Waals surface area contributed by atoms with Crippen molar-refractivity contribution < 1.29 is 18.3 Å². The van der Waals surface area contributed by atoms with Crippen LogP contribution in [-0.2, 0) is 9.84 Å². The van der Waals surface area contributed by atoms with Crippen LogP contribution >= 0.6 is 11.8 Å². The van der Waals surface area contributed by atoms with Gasteiger partial charge in [-0.3, -0.25) is 0 Å². The molecule has 0 saturated carbocycles. The first-order valence-corrected chi connectivity index (χ1v) is 8.25. The van der Waals surface area contributed by atoms with Gasteiger partial charge in [0.1, 0.15) is 5.03 Å². The first kappa shape index (κ1) is 14.5. The standard InChI is InChI=1S/C13H11NO4S2/c1-20(17,18)11-7-4-8-14-12(11)19-10-6-3-2-5-9(10)13(15)16/h2-8H,1H3,(H,15,16). The number of carbonyl (C=O) groups is 1. The Morgan fingerprint density at radius 3 is 2.55 bits per heavy atom. The lowest BCUT2D eigenvalue weighted by atomic mass is 10.2. The highest BCUT2D eigenvalue weighted by Gasteiger charge is 2.17. The molecule has 2 aromatic rings. The minimum atomic E-state index is -3.42. The quantitative estimate of drug-likeness (QED) is 0.933. The number of hydrogen-bond donors (Lipinski definition) is 1. The Bertz CT molecular complexity index is 756. The first-order chi connectivity index (χ1) is 9.39. The third-order valence-electron chi connectivity index (χ3n) is 2.46. The molecule has 0 saturated heterocycles. The number of nitrogens with zero attached hydrogens (tertiary/aromatic N) is 1. The summed E-state index contributed by atoms with van der Waals surface area (Å²) in [5.41, 5.74) is 0.114. The Labute approximate surface area is 120 Å². The molecule has 1 aromatic carbocycles. The molecule has 5 nitrogen and oxygen atoms in total. The van der Waals surface area contributed by atoms with Gasteiger partial charge in [-0.1, -0.05) is 23.9 Å². The molecule has 1 aromatic heterocycles. The second kappa shape index (κ2) is 5.64. The number of pyridine rings is 1. The van der Waals surface area contributed by atoms with Gasteiger partial charge in [0.05, 0.1) is 10.5 Å². The minimum absolute atomic E-state index is 0.0881. The SMILES string of the molecule is CS(=O)(=O)c1cccnc1Sc1ccccc1C(=O)O. The molecule has 0 unspecified atom stereocenters. The van der Waals surface area contributed by atoms with E-state index in [2.05, 4.69) is 4.98 Å². The number of aromatic nitrogens is 1. The number of hydrogen-bond acceptors (Lipinski definition) is 5. The summed E-state index contributed by atoms with van der Waals surface area (Å²) in [6.45, 7) is 0. The number of carboxylic acids is 1. The molecule has 2 rings (SSSR count). The minimum Gasteiger partial charge on any atom is -0.478 e. The topological polar surface area (TPSA) is 84.3 Å². The highest BCUT2D eigenvalue weighted by molar-refractivity contribution is 8.00. The Kier molecular flexibility index (Phi) is 4.10. The molecule has 1 N–H and O–H groups in total. The number of sulfone groups is 1. The molecule has 1 heterocycles. The van der Waals surface area contributed by atoms with Gasteiger partial charge in [-0.15, -0.1) is 0 Å². The van der Waals surface area contributed by atoms with Crippen LogP contribution in [-0.4, -0.2) is 30.7 Å². The molecule has 20 heavy (non-hydrogen) atoms. The van der Waals surface area contributed by atoms with Crippen molar-refractivity contribution in [1.29, 1.82) is 0 Å². The van der Waals surface area contributed by atoms with Crippen LogP contribution in [0.15, 0.2) is 57.4 Å². The zero-order valence-electron chi connectivity index (χ0n) is 10.5. The zero-order chi connectivity index (χ0) is 14.8. The summed E-state index contributed by atoms with van der Waals surface area (Å²) >= 11 is 1.02. The number of rotatable bonds is 4. The van der Waals surface area contributed by atoms with Crippen LogP contribution in [0.2, 0.25) is 0 Å². The van der Waals surface area contributed by atoms with Gasteiger partial charge in [0.25, 0.3) is 0 Å². The summed E-state index contributed by atoms with van der Waals surface area (Å²) in [7, 11) is -3.42. The number of carboxylic acid groups (broad SMARTS) is 1. The molecule has 0 amide bonds. The molecule has 0 aliphatic rings. The third-order valence-corrected chi connectivity index (χ3v) is 4.81. The number of benzene rings is 1. The largest absolute Gasteiger partial charge is 0.478 e. The fourth-order valence-electron chi connectivity index (χ4n) is 1.57. The Balaban J connectivity index is 2.49. The highest BCUT2D eigenvalue weighted by atomic mass is 32.2. The second-order valence-corrected chi connectivity index (χ2v) is 7.00. The average Bonchev–Trinajstić information content (AvgIpc) is 2.38. The van der Waals surface area contributed by atoms with E-state index in [0.717, 1.165) is 18.0 Å². The lowest BCUT2D eigenvalue weighted by Gasteiger charge is -2.08. The second-order valence-electron chi connectivity index (χ2n) is 3.98. The van der Waals surface area contributed by atoms with Gasteiger partial charge in [-0.05, 0) is 24.3 Å². The summed E-state index contributed by atoms with van der Waals surface area (Å²) in [5, 5.41) is 9.39. The van der Waals surface area contributed by atoms with Gasteiger partial charge in [0, 0.05) is 17.3 Å². The van der Waals surface area contributed by atoms with Crippen molar-refractivity contribution in [1.82, 2.24) is 4.98 Å². The molecule has 0 spiro atoms. The van der Waals surface area contributed by atoms with Crippen LogP contribution in [0.3, 0.4) is 0 Å². The van der Waals surface area contributed by atoms with Crippen LogP contribution in [0.4, 0.5) is 0 Å². The van der Waals surface area contributed by atoms with Crippen molar-refractivity contribution in [3.63, 3.8) is 0 Å². The lowest BCUT2D eigenvalue weighted by Crippen LogP contribution is -2.02. The Morgan fingerprint density at radius 1 is 1.20 bits per heavy atom. The van der Waals surface area contributed by atoms with Crippen molar-refractivity contribution in [2.24, 2.45) is 0 Å². The van der Waals surface area contributed by atoms with Gasteiger partial charge in [-0.2, -0.15) is 0 Å². The number of aromatic carboxylic acids is 1. The molecule has 0 bridgehead atoms. The normalized spacial score (nSPS) is 11.2. The molecule has 104 valence electrons. The van der Waals surface area contributed by atoms with E-state index in [0.29, 0.717) is 4.90 Å². The smallest absolute Gasteiger partial charge is 0.336 e. The molecule has 0 atom stereocenters. The third kappa shape index (κ3) is 3.17. The molecule has 7 heteroatoms. The van der Waals surface area contributed by atoms with E-state index in [9.17, 15) is 13.2 Å². The predicted molar refractivity (Wildman–Crippen MR) is 74.9 cm³/mol. The summed E-state index contributed by atoms with van der Waals surface area (Å²) < 4.78 is 23.4. The Morgan fingerprint density at radius 2 is 1.90 bits per heavy atom. The van der Waals surface area contributed by atoms with E-state index in [1.54, 1.807) is 18.2 Å². The summed E-state index contributed by atoms with van der Waals surface area (Å²) in [6.07, 6.45) is 2.57. The van der Waals surface area contributed by atoms with Crippen molar-refractivity contribution in [3.8, 4) is 0 Å². The van der Waals surface area contributed by atoms with E-state index in [-0.39, 0.29) is 15.5 Å². The zero-order valence-corrected chi connectivity index (χ0v) is 12.1. The van der Waals surface area contributed by atoms with Gasteiger partial charge in [0.15, 0.2) is 9.84 Å². The van der Waals surface area contributed by atoms with E-state index >= 15 is 0 Å². The van der Waals surface area contributed by atoms with E-state index in [1.807, 2.05) is 0 Å². The van der Waals surface area contributed by atoms with Crippen molar-refractivity contribution >= 4 is 27.6 Å². The highest BCUT2D eigenvalue weighted by Crippen LogP contribution is 2.33. The van der Waals surface area contributed by atoms with Crippen molar-refractivity contribution in [3.05, 3.63) is 48.2 Å². The molecule has 0 radical (unpaired) electrons. The van der Waals surface area contributed by atoms with Crippen LogP contribution in [0, 0.1) is 0 Å². The summed E-state index contributed by atoms with van der Waals surface area (Å²) in [4.78, 5) is 15.7. The van der Waals surface area contributed by atoms with Gasteiger partial charge < -0.3 is 5.11 Å². The maximum atomic E-state index is 11.7. The fourth-order valence-corrected chi connectivity index (χ4v) is 3.75. The maximum absolute atomic E-state index is 11.7. The Hall–Kier alpha value is -1.86. The van der Waals surface area contributed by atoms with E-state index < -0.39 is 15.8 Å². The van der Waals surface area contributed by atoms with Crippen molar-refractivity contribution in [2.75, 3.05) is 6.26 Å². The molecular weight excluding hydrogens is 298 g/mol. The average molecular weight is 309 g/mol. The molecule has 0 aliphatic carbocycles. The first-order valence-electron chi connectivity index (χ1n) is 5.55. The van der Waals surface area contributed by atoms with Crippen LogP contribution in [0.25, 0.3) is 0 Å². The van der Waals surface area contributed by atoms with Crippen LogP contribution in [0.5, 0.6) is 0 Å². The molecular formula is C13H11NO4S2. The van der Waals surface area contributed by atoms with Gasteiger partial charge in [0.2, 0.25) is 0 Å². The molecule has 0 fully saturated rings. The predicted octanol–water partition coefficient (Wildman–Crippen LogP) is 2.33. The summed E-state index contributed by atoms with van der Waals surface area (Å²) in [6, 6.07) is 9.38. The van der Waals surface area contributed by atoms with E-state index in [4.69, 9.17) is 5.11 Å². The van der Waals surface area contributed by atoms with Crippen molar-refractivity contribution in [2.45, 2.75) is 14.8 Å². The molecule has 0 aliphatic heterocycles. The maximum Gasteiger partial charge on any atom is 0.336 e. The monoisotopic (exact) mass is 309 g/mol. The summed E-state index contributed by atoms with van der Waals surface area (Å²) in [5.74, 6) is -1.06. The lowest BCUT2D eigenvalue weighted by molar-refractivity contribution is 0.0693. The van der Waals surface area contributed by atoms with Crippen LogP contribution in [0.1, 0.15) is 10.4 Å². The van der Waals surface area contributed by atoms with Gasteiger partial charge >= 0.3 is 5.97 Å². The fraction of sp³-hybridized carbons (Fsp3) is 0.0769. The van der Waals surface area contributed by atoms with Gasteiger partial charge in [-0.25, -0.2) is 18.2 Å². The van der Waals surface area contributed by atoms with Crippen LogP contribution < -0.4 is 0 Å².